The second kappa shape index (κ2) is 6.27. The molecule has 90 valence electrons. The van der Waals surface area contributed by atoms with Gasteiger partial charge in [0.15, 0.2) is 0 Å². The number of esters is 1. The van der Waals surface area contributed by atoms with Gasteiger partial charge < -0.3 is 15.2 Å². The molecule has 1 aliphatic carbocycles. The second-order valence-electron chi connectivity index (χ2n) is 3.66. The van der Waals surface area contributed by atoms with Gasteiger partial charge >= 0.3 is 5.97 Å². The van der Waals surface area contributed by atoms with Crippen LogP contribution in [0.15, 0.2) is 16.8 Å². The number of hydrogen-bond acceptors (Lipinski definition) is 5. The number of hydrogen-bond donors (Lipinski definition) is 1. The van der Waals surface area contributed by atoms with Crippen molar-refractivity contribution in [2.24, 2.45) is 10.7 Å². The van der Waals surface area contributed by atoms with Crippen LogP contribution in [0.2, 0.25) is 0 Å². The zero-order valence-electron chi connectivity index (χ0n) is 9.68. The molecule has 0 bridgehead atoms. The van der Waals surface area contributed by atoms with Crippen molar-refractivity contribution in [1.29, 1.82) is 0 Å². The molecule has 1 fully saturated rings. The summed E-state index contributed by atoms with van der Waals surface area (Å²) in [6.45, 7) is 0. The lowest BCUT2D eigenvalue weighted by Crippen LogP contribution is -2.20. The molecule has 0 aromatic carbocycles. The Morgan fingerprint density at radius 1 is 1.44 bits per heavy atom. The largest absolute Gasteiger partial charge is 0.465 e. The van der Waals surface area contributed by atoms with E-state index in [4.69, 9.17) is 10.5 Å². The standard InChI is InChI=1S/C11H18N2O3/c1-15-10-5-3-4-9(10)13-7-8(6-12)11(14)16-2/h6-7,9-10H,3-5,12H2,1-2H3/t9-,10+/m1/s1. The second-order valence-corrected chi connectivity index (χ2v) is 3.66. The fourth-order valence-electron chi connectivity index (χ4n) is 1.81. The van der Waals surface area contributed by atoms with Crippen LogP contribution in [-0.4, -0.2) is 38.5 Å². The molecule has 0 amide bonds. The molecule has 2 N–H and O–H groups in total. The zero-order chi connectivity index (χ0) is 12.0. The van der Waals surface area contributed by atoms with Crippen molar-refractivity contribution in [2.45, 2.75) is 31.4 Å². The van der Waals surface area contributed by atoms with Crippen LogP contribution in [0, 0.1) is 0 Å². The van der Waals surface area contributed by atoms with Crippen LogP contribution in [0.25, 0.3) is 0 Å². The van der Waals surface area contributed by atoms with Crippen LogP contribution in [0.5, 0.6) is 0 Å². The molecular formula is C11H18N2O3. The van der Waals surface area contributed by atoms with E-state index in [9.17, 15) is 4.79 Å². The molecule has 5 nitrogen and oxygen atoms in total. The van der Waals surface area contributed by atoms with Gasteiger partial charge in [0.25, 0.3) is 0 Å². The maximum absolute atomic E-state index is 11.2. The quantitative estimate of drug-likeness (QED) is 0.433. The van der Waals surface area contributed by atoms with E-state index in [0.717, 1.165) is 19.3 Å². The van der Waals surface area contributed by atoms with Gasteiger partial charge in [-0.15, -0.1) is 0 Å². The van der Waals surface area contributed by atoms with Crippen LogP contribution in [0.1, 0.15) is 19.3 Å². The summed E-state index contributed by atoms with van der Waals surface area (Å²) in [5.74, 6) is -0.474. The molecule has 1 rings (SSSR count). The van der Waals surface area contributed by atoms with Gasteiger partial charge in [-0.05, 0) is 19.3 Å². The number of aliphatic imine (C=N–C) groups is 1. The third kappa shape index (κ3) is 3.06. The van der Waals surface area contributed by atoms with Crippen LogP contribution >= 0.6 is 0 Å². The lowest BCUT2D eigenvalue weighted by atomic mass is 10.2. The van der Waals surface area contributed by atoms with Gasteiger partial charge in [-0.3, -0.25) is 4.99 Å². The first kappa shape index (κ1) is 12.7. The summed E-state index contributed by atoms with van der Waals surface area (Å²) in [6.07, 6.45) is 5.90. The topological polar surface area (TPSA) is 73.9 Å². The number of carbonyl (C=O) groups is 1. The predicted octanol–water partition coefficient (Wildman–Crippen LogP) is 0.640. The van der Waals surface area contributed by atoms with Crippen molar-refractivity contribution in [2.75, 3.05) is 14.2 Å². The third-order valence-corrected chi connectivity index (χ3v) is 2.73. The van der Waals surface area contributed by atoms with E-state index in [-0.39, 0.29) is 17.7 Å². The maximum Gasteiger partial charge on any atom is 0.340 e. The molecule has 0 saturated heterocycles. The fraction of sp³-hybridized carbons (Fsp3) is 0.636. The Morgan fingerprint density at radius 2 is 2.19 bits per heavy atom. The van der Waals surface area contributed by atoms with Gasteiger partial charge in [0.1, 0.15) is 0 Å². The van der Waals surface area contributed by atoms with Crippen LogP contribution in [-0.2, 0) is 14.3 Å². The highest BCUT2D eigenvalue weighted by molar-refractivity contribution is 6.09. The molecule has 0 aromatic heterocycles. The number of nitrogens with zero attached hydrogens (tertiary/aromatic N) is 1. The monoisotopic (exact) mass is 226 g/mol. The molecule has 0 unspecified atom stereocenters. The normalized spacial score (nSPS) is 26.2. The summed E-state index contributed by atoms with van der Waals surface area (Å²) in [4.78, 5) is 15.5. The minimum Gasteiger partial charge on any atom is -0.465 e. The number of ether oxygens (including phenoxy) is 2. The molecule has 16 heavy (non-hydrogen) atoms. The number of carbonyl (C=O) groups excluding carboxylic acids is 1. The Hall–Kier alpha value is -1.36. The minimum absolute atomic E-state index is 0.115. The highest BCUT2D eigenvalue weighted by Gasteiger charge is 2.26. The maximum atomic E-state index is 11.2. The van der Waals surface area contributed by atoms with Crippen molar-refractivity contribution in [3.63, 3.8) is 0 Å². The molecule has 0 spiro atoms. The van der Waals surface area contributed by atoms with Crippen molar-refractivity contribution < 1.29 is 14.3 Å². The lowest BCUT2D eigenvalue weighted by molar-refractivity contribution is -0.135. The Bertz CT molecular complexity index is 300. The van der Waals surface area contributed by atoms with E-state index in [2.05, 4.69) is 9.73 Å². The summed E-state index contributed by atoms with van der Waals surface area (Å²) < 4.78 is 9.86. The van der Waals surface area contributed by atoms with Crippen molar-refractivity contribution in [3.05, 3.63) is 11.8 Å². The molecule has 0 aromatic rings. The molecule has 1 aliphatic rings. The first-order valence-corrected chi connectivity index (χ1v) is 5.29. The van der Waals surface area contributed by atoms with E-state index in [1.54, 1.807) is 7.11 Å². The summed E-state index contributed by atoms with van der Waals surface area (Å²) in [6, 6.07) is 0.115. The van der Waals surface area contributed by atoms with Gasteiger partial charge in [0.2, 0.25) is 0 Å². The Morgan fingerprint density at radius 3 is 2.75 bits per heavy atom. The van der Waals surface area contributed by atoms with Crippen molar-refractivity contribution in [3.8, 4) is 0 Å². The molecule has 1 saturated carbocycles. The van der Waals surface area contributed by atoms with Gasteiger partial charge in [-0.2, -0.15) is 0 Å². The van der Waals surface area contributed by atoms with Gasteiger partial charge in [0, 0.05) is 19.5 Å². The lowest BCUT2D eigenvalue weighted by Gasteiger charge is -2.13. The molecule has 0 radical (unpaired) electrons. The first-order valence-electron chi connectivity index (χ1n) is 5.29. The molecule has 0 heterocycles. The number of rotatable bonds is 4. The highest BCUT2D eigenvalue weighted by Crippen LogP contribution is 2.24. The Balaban J connectivity index is 2.61. The number of nitrogens with two attached hydrogens (primary N) is 1. The van der Waals surface area contributed by atoms with Crippen LogP contribution in [0.4, 0.5) is 0 Å². The molecular weight excluding hydrogens is 208 g/mol. The van der Waals surface area contributed by atoms with Crippen molar-refractivity contribution in [1.82, 2.24) is 0 Å². The fourth-order valence-corrected chi connectivity index (χ4v) is 1.81. The number of methoxy groups -OCH3 is 2. The summed E-state index contributed by atoms with van der Waals surface area (Å²) in [7, 11) is 2.99. The first-order chi connectivity index (χ1) is 7.72. The summed E-state index contributed by atoms with van der Waals surface area (Å²) in [5, 5.41) is 0. The zero-order valence-corrected chi connectivity index (χ0v) is 9.68. The molecule has 2 atom stereocenters. The predicted molar refractivity (Wildman–Crippen MR) is 61.2 cm³/mol. The minimum atomic E-state index is -0.474. The summed E-state index contributed by atoms with van der Waals surface area (Å²) in [5.41, 5.74) is 5.58. The van der Waals surface area contributed by atoms with E-state index < -0.39 is 5.97 Å². The third-order valence-electron chi connectivity index (χ3n) is 2.73. The van der Waals surface area contributed by atoms with Gasteiger partial charge in [-0.25, -0.2) is 4.79 Å². The Kier molecular flexibility index (Phi) is 4.98. The molecule has 5 heteroatoms. The van der Waals surface area contributed by atoms with Crippen molar-refractivity contribution >= 4 is 12.2 Å². The Labute approximate surface area is 95.3 Å². The smallest absolute Gasteiger partial charge is 0.340 e. The van der Waals surface area contributed by atoms with Gasteiger partial charge in [0.05, 0.1) is 24.8 Å². The van der Waals surface area contributed by atoms with Crippen LogP contribution in [0.3, 0.4) is 0 Å². The van der Waals surface area contributed by atoms with E-state index in [1.165, 1.54) is 19.5 Å². The average molecular weight is 226 g/mol. The van der Waals surface area contributed by atoms with E-state index in [1.807, 2.05) is 0 Å². The SMILES string of the molecule is COC(=O)C(C=N[C@@H]1CCC[C@@H]1OC)=CN. The van der Waals surface area contributed by atoms with Crippen LogP contribution < -0.4 is 5.73 Å². The summed E-state index contributed by atoms with van der Waals surface area (Å²) >= 11 is 0. The average Bonchev–Trinajstić information content (AvgIpc) is 2.76. The highest BCUT2D eigenvalue weighted by atomic mass is 16.5. The van der Waals surface area contributed by atoms with E-state index in [0.29, 0.717) is 0 Å². The molecule has 0 aliphatic heterocycles. The van der Waals surface area contributed by atoms with Gasteiger partial charge in [-0.1, -0.05) is 0 Å². The van der Waals surface area contributed by atoms with E-state index >= 15 is 0 Å².